The number of imide groups is 1. The molecule has 0 unspecified atom stereocenters. The Kier molecular flexibility index (Phi) is 4.62. The minimum absolute atomic E-state index is 0.216. The molecule has 0 atom stereocenters. The number of carbonyl (C=O) groups is 2. The predicted molar refractivity (Wildman–Crippen MR) is 110 cm³/mol. The highest BCUT2D eigenvalue weighted by Gasteiger charge is 2.35. The van der Waals surface area contributed by atoms with Crippen molar-refractivity contribution in [3.8, 4) is 0 Å². The van der Waals surface area contributed by atoms with Crippen LogP contribution in [0.2, 0.25) is 0 Å². The van der Waals surface area contributed by atoms with Gasteiger partial charge in [0.05, 0.1) is 11.4 Å². The first kappa shape index (κ1) is 17.6. The van der Waals surface area contributed by atoms with E-state index in [1.54, 1.807) is 0 Å². The number of thioether (sulfide) groups is 1. The van der Waals surface area contributed by atoms with Crippen molar-refractivity contribution in [1.29, 1.82) is 0 Å². The summed E-state index contributed by atoms with van der Waals surface area (Å²) in [6, 6.07) is 16.0. The minimum atomic E-state index is -0.222. The van der Waals surface area contributed by atoms with Crippen LogP contribution in [0.25, 0.3) is 17.0 Å². The van der Waals surface area contributed by atoms with Crippen molar-refractivity contribution in [1.82, 2.24) is 9.47 Å². The Morgan fingerprint density at radius 3 is 2.67 bits per heavy atom. The molecule has 4 nitrogen and oxygen atoms in total. The van der Waals surface area contributed by atoms with Crippen molar-refractivity contribution in [2.45, 2.75) is 26.9 Å². The highest BCUT2D eigenvalue weighted by molar-refractivity contribution is 8.18. The highest BCUT2D eigenvalue weighted by atomic mass is 32.2. The molecule has 1 aromatic heterocycles. The summed E-state index contributed by atoms with van der Waals surface area (Å²) >= 11 is 1.01. The number of nitrogens with zero attached hydrogens (tertiary/aromatic N) is 2. The van der Waals surface area contributed by atoms with Crippen LogP contribution < -0.4 is 0 Å². The predicted octanol–water partition coefficient (Wildman–Crippen LogP) is 5.21. The standard InChI is InChI=1S/C22H20N2O2S/c1-3-23-14-17(18-9-4-5-10-19(18)23)12-20-21(25)24(22(26)27-20)13-16-8-6-7-15(2)11-16/h4-12,14H,3,13H2,1-2H3/b20-12-. The molecule has 3 aromatic rings. The topological polar surface area (TPSA) is 42.3 Å². The Labute approximate surface area is 162 Å². The van der Waals surface area contributed by atoms with Crippen molar-refractivity contribution in [3.05, 3.63) is 76.3 Å². The van der Waals surface area contributed by atoms with E-state index in [9.17, 15) is 9.59 Å². The van der Waals surface area contributed by atoms with Gasteiger partial charge in [-0.1, -0.05) is 48.0 Å². The van der Waals surface area contributed by atoms with Crippen LogP contribution in [0.5, 0.6) is 0 Å². The Bertz CT molecular complexity index is 1080. The van der Waals surface area contributed by atoms with Crippen LogP contribution >= 0.6 is 11.8 Å². The van der Waals surface area contributed by atoms with Gasteiger partial charge in [0.25, 0.3) is 11.1 Å². The van der Waals surface area contributed by atoms with E-state index in [1.807, 2.05) is 61.7 Å². The smallest absolute Gasteiger partial charge is 0.293 e. The molecule has 2 aromatic carbocycles. The fourth-order valence-corrected chi connectivity index (χ4v) is 4.25. The third-order valence-electron chi connectivity index (χ3n) is 4.74. The van der Waals surface area contributed by atoms with Crippen molar-refractivity contribution in [2.24, 2.45) is 0 Å². The van der Waals surface area contributed by atoms with Gasteiger partial charge < -0.3 is 4.57 Å². The monoisotopic (exact) mass is 376 g/mol. The van der Waals surface area contributed by atoms with E-state index in [0.717, 1.165) is 45.9 Å². The molecule has 1 aliphatic heterocycles. The van der Waals surface area contributed by atoms with Gasteiger partial charge in [0.2, 0.25) is 0 Å². The van der Waals surface area contributed by atoms with Crippen LogP contribution in [-0.4, -0.2) is 20.6 Å². The van der Waals surface area contributed by atoms with Gasteiger partial charge in [0, 0.05) is 29.2 Å². The van der Waals surface area contributed by atoms with Gasteiger partial charge >= 0.3 is 0 Å². The van der Waals surface area contributed by atoms with Crippen LogP contribution in [0.1, 0.15) is 23.6 Å². The number of fused-ring (bicyclic) bond motifs is 1. The van der Waals surface area contributed by atoms with E-state index in [1.165, 1.54) is 4.90 Å². The molecule has 5 heteroatoms. The number of amides is 2. The summed E-state index contributed by atoms with van der Waals surface area (Å²) in [7, 11) is 0. The molecule has 0 radical (unpaired) electrons. The van der Waals surface area contributed by atoms with Gasteiger partial charge in [0.15, 0.2) is 0 Å². The lowest BCUT2D eigenvalue weighted by Gasteiger charge is -2.12. The highest BCUT2D eigenvalue weighted by Crippen LogP contribution is 2.35. The fraction of sp³-hybridized carbons (Fsp3) is 0.182. The number of benzene rings is 2. The van der Waals surface area contributed by atoms with Gasteiger partial charge in [0.1, 0.15) is 0 Å². The maximum atomic E-state index is 12.8. The second-order valence-corrected chi connectivity index (χ2v) is 7.64. The Morgan fingerprint density at radius 2 is 1.89 bits per heavy atom. The Hall–Kier alpha value is -2.79. The third kappa shape index (κ3) is 3.30. The maximum Gasteiger partial charge on any atom is 0.293 e. The zero-order chi connectivity index (χ0) is 19.0. The molecule has 0 aliphatic carbocycles. The van der Waals surface area contributed by atoms with Crippen molar-refractivity contribution < 1.29 is 9.59 Å². The van der Waals surface area contributed by atoms with E-state index in [2.05, 4.69) is 17.6 Å². The van der Waals surface area contributed by atoms with Crippen LogP contribution in [0.15, 0.2) is 59.6 Å². The zero-order valence-corrected chi connectivity index (χ0v) is 16.1. The van der Waals surface area contributed by atoms with E-state index in [4.69, 9.17) is 0 Å². The summed E-state index contributed by atoms with van der Waals surface area (Å²) in [6.07, 6.45) is 3.88. The van der Waals surface area contributed by atoms with Crippen LogP contribution in [0.3, 0.4) is 0 Å². The number of hydrogen-bond donors (Lipinski definition) is 0. The SMILES string of the molecule is CCn1cc(/C=C2\SC(=O)N(Cc3cccc(C)c3)C2=O)c2ccccc21. The molecule has 0 N–H and O–H groups in total. The number of aromatic nitrogens is 1. The molecule has 1 saturated heterocycles. The van der Waals surface area contributed by atoms with Crippen LogP contribution in [-0.2, 0) is 17.9 Å². The first-order chi connectivity index (χ1) is 13.1. The molecule has 0 spiro atoms. The van der Waals surface area contributed by atoms with Gasteiger partial charge in [-0.3, -0.25) is 14.5 Å². The molecule has 0 bridgehead atoms. The first-order valence-corrected chi connectivity index (χ1v) is 9.77. The summed E-state index contributed by atoms with van der Waals surface area (Å²) in [5, 5.41) is 0.872. The molecule has 0 saturated carbocycles. The van der Waals surface area contributed by atoms with E-state index in [0.29, 0.717) is 11.4 Å². The lowest BCUT2D eigenvalue weighted by atomic mass is 10.1. The summed E-state index contributed by atoms with van der Waals surface area (Å²) < 4.78 is 2.15. The third-order valence-corrected chi connectivity index (χ3v) is 5.65. The lowest BCUT2D eigenvalue weighted by molar-refractivity contribution is -0.123. The molecule has 4 rings (SSSR count). The van der Waals surface area contributed by atoms with Crippen LogP contribution in [0.4, 0.5) is 4.79 Å². The minimum Gasteiger partial charge on any atom is -0.347 e. The molecule has 27 heavy (non-hydrogen) atoms. The first-order valence-electron chi connectivity index (χ1n) is 8.95. The molecule has 136 valence electrons. The molecular formula is C22H20N2O2S. The van der Waals surface area contributed by atoms with E-state index < -0.39 is 0 Å². The average molecular weight is 376 g/mol. The number of para-hydroxylation sites is 1. The zero-order valence-electron chi connectivity index (χ0n) is 15.3. The van der Waals surface area contributed by atoms with Gasteiger partial charge in [-0.15, -0.1) is 0 Å². The number of carbonyl (C=O) groups excluding carboxylic acids is 2. The molecule has 1 fully saturated rings. The van der Waals surface area contributed by atoms with E-state index in [-0.39, 0.29) is 11.1 Å². The largest absolute Gasteiger partial charge is 0.347 e. The molecule has 2 amide bonds. The normalized spacial score (nSPS) is 16.1. The van der Waals surface area contributed by atoms with Gasteiger partial charge in [-0.25, -0.2) is 0 Å². The van der Waals surface area contributed by atoms with Gasteiger partial charge in [-0.2, -0.15) is 0 Å². The number of hydrogen-bond acceptors (Lipinski definition) is 3. The van der Waals surface area contributed by atoms with Crippen LogP contribution in [0, 0.1) is 6.92 Å². The average Bonchev–Trinajstić information content (AvgIpc) is 3.15. The summed E-state index contributed by atoms with van der Waals surface area (Å²) in [5.41, 5.74) is 4.17. The molecule has 2 heterocycles. The van der Waals surface area contributed by atoms with Crippen molar-refractivity contribution in [3.63, 3.8) is 0 Å². The maximum absolute atomic E-state index is 12.8. The summed E-state index contributed by atoms with van der Waals surface area (Å²) in [6.45, 7) is 5.25. The fourth-order valence-electron chi connectivity index (χ4n) is 3.42. The van der Waals surface area contributed by atoms with Gasteiger partial charge in [-0.05, 0) is 43.3 Å². The van der Waals surface area contributed by atoms with Crippen molar-refractivity contribution in [2.75, 3.05) is 0 Å². The van der Waals surface area contributed by atoms with Crippen molar-refractivity contribution >= 4 is 39.9 Å². The summed E-state index contributed by atoms with van der Waals surface area (Å²) in [4.78, 5) is 27.1. The summed E-state index contributed by atoms with van der Waals surface area (Å²) in [5.74, 6) is -0.222. The number of aryl methyl sites for hydroxylation is 2. The quantitative estimate of drug-likeness (QED) is 0.587. The second kappa shape index (κ2) is 7.08. The second-order valence-electron chi connectivity index (χ2n) is 6.64. The Balaban J connectivity index is 1.66. The Morgan fingerprint density at radius 1 is 1.07 bits per heavy atom. The van der Waals surface area contributed by atoms with E-state index >= 15 is 0 Å². The molecular weight excluding hydrogens is 356 g/mol. The lowest BCUT2D eigenvalue weighted by Crippen LogP contribution is -2.27. The molecule has 1 aliphatic rings. The number of rotatable bonds is 4.